The highest BCUT2D eigenvalue weighted by Gasteiger charge is 2.14. The monoisotopic (exact) mass is 272 g/mol. The Morgan fingerprint density at radius 1 is 1.20 bits per heavy atom. The summed E-state index contributed by atoms with van der Waals surface area (Å²) in [5.74, 6) is -0.381. The fourth-order valence-electron chi connectivity index (χ4n) is 2.01. The number of nitrogen functional groups attached to an aromatic ring is 1. The molecule has 0 unspecified atom stereocenters. The number of carbonyl (C=O) groups is 1. The molecule has 2 rings (SSSR count). The van der Waals surface area contributed by atoms with E-state index in [1.807, 2.05) is 13.0 Å². The molecule has 2 aromatic carbocycles. The average Bonchev–Trinajstić information content (AvgIpc) is 2.43. The molecule has 4 heteroatoms. The van der Waals surface area contributed by atoms with Crippen LogP contribution < -0.4 is 5.73 Å². The topological polar surface area (TPSA) is 46.3 Å². The Labute approximate surface area is 117 Å². The Bertz CT molecular complexity index is 623. The summed E-state index contributed by atoms with van der Waals surface area (Å²) in [4.78, 5) is 14.0. The molecule has 0 radical (unpaired) electrons. The van der Waals surface area contributed by atoms with E-state index in [1.54, 1.807) is 36.2 Å². The fraction of sp³-hybridized carbons (Fsp3) is 0.188. The van der Waals surface area contributed by atoms with Gasteiger partial charge >= 0.3 is 0 Å². The van der Waals surface area contributed by atoms with Crippen LogP contribution in [0.15, 0.2) is 42.5 Å². The van der Waals surface area contributed by atoms with Gasteiger partial charge in [0.2, 0.25) is 0 Å². The first kappa shape index (κ1) is 14.1. The molecule has 0 aliphatic heterocycles. The molecule has 0 saturated carbocycles. The second-order valence-corrected chi connectivity index (χ2v) is 4.86. The van der Waals surface area contributed by atoms with Crippen LogP contribution in [0.5, 0.6) is 0 Å². The first-order chi connectivity index (χ1) is 9.47. The van der Waals surface area contributed by atoms with Crippen molar-refractivity contribution >= 4 is 11.6 Å². The van der Waals surface area contributed by atoms with Crippen molar-refractivity contribution in [2.24, 2.45) is 0 Å². The maximum atomic E-state index is 12.9. The predicted molar refractivity (Wildman–Crippen MR) is 77.8 cm³/mol. The van der Waals surface area contributed by atoms with Crippen molar-refractivity contribution in [3.05, 3.63) is 65.0 Å². The lowest BCUT2D eigenvalue weighted by atomic mass is 10.1. The van der Waals surface area contributed by atoms with E-state index in [0.717, 1.165) is 11.1 Å². The number of hydrogen-bond donors (Lipinski definition) is 1. The summed E-state index contributed by atoms with van der Waals surface area (Å²) in [7, 11) is 1.72. The maximum absolute atomic E-state index is 12.9. The Morgan fingerprint density at radius 3 is 2.50 bits per heavy atom. The molecule has 0 heterocycles. The third-order valence-corrected chi connectivity index (χ3v) is 3.17. The molecule has 0 aliphatic rings. The van der Waals surface area contributed by atoms with Crippen molar-refractivity contribution < 1.29 is 9.18 Å². The van der Waals surface area contributed by atoms with Crippen molar-refractivity contribution in [3.63, 3.8) is 0 Å². The highest BCUT2D eigenvalue weighted by atomic mass is 19.1. The number of hydrogen-bond acceptors (Lipinski definition) is 2. The first-order valence-electron chi connectivity index (χ1n) is 6.33. The maximum Gasteiger partial charge on any atom is 0.254 e. The van der Waals surface area contributed by atoms with Gasteiger partial charge in [0.1, 0.15) is 5.82 Å². The Hall–Kier alpha value is -2.36. The molecule has 0 saturated heterocycles. The number of carbonyl (C=O) groups excluding carboxylic acids is 1. The Kier molecular flexibility index (Phi) is 4.03. The van der Waals surface area contributed by atoms with Crippen molar-refractivity contribution in [1.82, 2.24) is 4.90 Å². The summed E-state index contributed by atoms with van der Waals surface area (Å²) in [6.45, 7) is 2.30. The molecule has 0 atom stereocenters. The number of benzene rings is 2. The SMILES string of the molecule is Cc1ccc(N)cc1C(=O)N(C)Cc1ccc(F)cc1. The smallest absolute Gasteiger partial charge is 0.254 e. The molecular weight excluding hydrogens is 255 g/mol. The normalized spacial score (nSPS) is 10.3. The van der Waals surface area contributed by atoms with Crippen molar-refractivity contribution in [2.75, 3.05) is 12.8 Å². The number of amides is 1. The van der Waals surface area contributed by atoms with Crippen LogP contribution in [0.25, 0.3) is 0 Å². The number of rotatable bonds is 3. The van der Waals surface area contributed by atoms with Crippen molar-refractivity contribution in [2.45, 2.75) is 13.5 Å². The lowest BCUT2D eigenvalue weighted by Gasteiger charge is -2.18. The zero-order valence-corrected chi connectivity index (χ0v) is 11.6. The summed E-state index contributed by atoms with van der Waals surface area (Å²) in [6, 6.07) is 11.4. The van der Waals surface area contributed by atoms with Gasteiger partial charge in [-0.25, -0.2) is 4.39 Å². The third kappa shape index (κ3) is 3.15. The van der Waals surface area contributed by atoms with Gasteiger partial charge in [0, 0.05) is 24.8 Å². The first-order valence-corrected chi connectivity index (χ1v) is 6.33. The van der Waals surface area contributed by atoms with E-state index in [2.05, 4.69) is 0 Å². The summed E-state index contributed by atoms with van der Waals surface area (Å²) in [5.41, 5.74) is 8.64. The molecule has 104 valence electrons. The molecule has 0 fully saturated rings. The van der Waals surface area contributed by atoms with Crippen LogP contribution in [0, 0.1) is 12.7 Å². The zero-order valence-electron chi connectivity index (χ0n) is 11.6. The lowest BCUT2D eigenvalue weighted by molar-refractivity contribution is 0.0784. The Morgan fingerprint density at radius 2 is 1.85 bits per heavy atom. The number of nitrogens with zero attached hydrogens (tertiary/aromatic N) is 1. The van der Waals surface area contributed by atoms with E-state index in [-0.39, 0.29) is 11.7 Å². The van der Waals surface area contributed by atoms with Crippen LogP contribution in [0.4, 0.5) is 10.1 Å². The predicted octanol–water partition coefficient (Wildman–Crippen LogP) is 2.99. The van der Waals surface area contributed by atoms with Gasteiger partial charge in [-0.1, -0.05) is 18.2 Å². The van der Waals surface area contributed by atoms with Crippen molar-refractivity contribution in [3.8, 4) is 0 Å². The van der Waals surface area contributed by atoms with Gasteiger partial charge in [0.05, 0.1) is 0 Å². The van der Waals surface area contributed by atoms with Gasteiger partial charge < -0.3 is 10.6 Å². The molecule has 20 heavy (non-hydrogen) atoms. The highest BCUT2D eigenvalue weighted by molar-refractivity contribution is 5.96. The summed E-state index contributed by atoms with van der Waals surface area (Å²) in [5, 5.41) is 0. The molecule has 2 aromatic rings. The average molecular weight is 272 g/mol. The Balaban J connectivity index is 2.16. The molecule has 0 bridgehead atoms. The van der Waals surface area contributed by atoms with E-state index in [9.17, 15) is 9.18 Å². The van der Waals surface area contributed by atoms with E-state index in [0.29, 0.717) is 17.8 Å². The summed E-state index contributed by atoms with van der Waals surface area (Å²) >= 11 is 0. The van der Waals surface area contributed by atoms with Gasteiger partial charge in [-0.05, 0) is 42.3 Å². The molecule has 2 N–H and O–H groups in total. The van der Waals surface area contributed by atoms with E-state index in [4.69, 9.17) is 5.73 Å². The van der Waals surface area contributed by atoms with Gasteiger partial charge in [-0.15, -0.1) is 0 Å². The van der Waals surface area contributed by atoms with Crippen LogP contribution in [0.2, 0.25) is 0 Å². The molecular formula is C16H17FN2O. The fourth-order valence-corrected chi connectivity index (χ4v) is 2.01. The minimum absolute atomic E-state index is 0.0980. The van der Waals surface area contributed by atoms with Gasteiger partial charge in [-0.3, -0.25) is 4.79 Å². The van der Waals surface area contributed by atoms with Gasteiger partial charge in [0.15, 0.2) is 0 Å². The van der Waals surface area contributed by atoms with E-state index in [1.165, 1.54) is 12.1 Å². The summed E-state index contributed by atoms with van der Waals surface area (Å²) in [6.07, 6.45) is 0. The molecule has 3 nitrogen and oxygen atoms in total. The van der Waals surface area contributed by atoms with Gasteiger partial charge in [0.25, 0.3) is 5.91 Å². The molecule has 0 aliphatic carbocycles. The molecule has 0 spiro atoms. The number of anilines is 1. The minimum atomic E-state index is -0.283. The van der Waals surface area contributed by atoms with E-state index >= 15 is 0 Å². The molecule has 1 amide bonds. The van der Waals surface area contributed by atoms with E-state index < -0.39 is 0 Å². The molecule has 0 aromatic heterocycles. The van der Waals surface area contributed by atoms with Crippen LogP contribution in [-0.2, 0) is 6.54 Å². The summed E-state index contributed by atoms with van der Waals surface area (Å²) < 4.78 is 12.9. The quantitative estimate of drug-likeness (QED) is 0.873. The zero-order chi connectivity index (χ0) is 14.7. The van der Waals surface area contributed by atoms with Gasteiger partial charge in [-0.2, -0.15) is 0 Å². The number of aryl methyl sites for hydroxylation is 1. The third-order valence-electron chi connectivity index (χ3n) is 3.17. The standard InChI is InChI=1S/C16H17FN2O/c1-11-3-8-14(18)9-15(11)16(20)19(2)10-12-4-6-13(17)7-5-12/h3-9H,10,18H2,1-2H3. The second-order valence-electron chi connectivity index (χ2n) is 4.86. The van der Waals surface area contributed by atoms with Crippen LogP contribution in [0.1, 0.15) is 21.5 Å². The van der Waals surface area contributed by atoms with Crippen LogP contribution in [-0.4, -0.2) is 17.9 Å². The lowest BCUT2D eigenvalue weighted by Crippen LogP contribution is -2.27. The minimum Gasteiger partial charge on any atom is -0.399 e. The second kappa shape index (κ2) is 5.74. The largest absolute Gasteiger partial charge is 0.399 e. The highest BCUT2D eigenvalue weighted by Crippen LogP contribution is 2.16. The van der Waals surface area contributed by atoms with Crippen LogP contribution >= 0.6 is 0 Å². The number of halogens is 1. The van der Waals surface area contributed by atoms with Crippen LogP contribution in [0.3, 0.4) is 0 Å². The van der Waals surface area contributed by atoms with Crippen molar-refractivity contribution in [1.29, 1.82) is 0 Å². The number of nitrogens with two attached hydrogens (primary N) is 1.